The molecule has 0 spiro atoms. The lowest BCUT2D eigenvalue weighted by Gasteiger charge is -2.04. The summed E-state index contributed by atoms with van der Waals surface area (Å²) in [6.07, 6.45) is 3.50. The van der Waals surface area contributed by atoms with Gasteiger partial charge in [-0.1, -0.05) is 12.1 Å². The van der Waals surface area contributed by atoms with Gasteiger partial charge in [0.25, 0.3) is 5.69 Å². The zero-order valence-electron chi connectivity index (χ0n) is 9.27. The molecule has 0 aliphatic rings. The largest absolute Gasteiger partial charge is 0.496 e. The van der Waals surface area contributed by atoms with Crippen molar-refractivity contribution in [1.82, 2.24) is 5.32 Å². The molecule has 0 fully saturated rings. The molecule has 0 aliphatic heterocycles. The fourth-order valence-electron chi connectivity index (χ4n) is 1.33. The number of hydrogen-bond acceptors (Lipinski definition) is 4. The number of benzene rings is 1. The van der Waals surface area contributed by atoms with Gasteiger partial charge < -0.3 is 10.1 Å². The Labute approximate surface area is 93.9 Å². The van der Waals surface area contributed by atoms with Crippen LogP contribution in [-0.2, 0) is 0 Å². The Morgan fingerprint density at radius 1 is 1.56 bits per heavy atom. The Hall–Kier alpha value is -1.88. The number of methoxy groups -OCH3 is 1. The lowest BCUT2D eigenvalue weighted by molar-refractivity contribution is -0.385. The maximum atomic E-state index is 10.8. The summed E-state index contributed by atoms with van der Waals surface area (Å²) < 4.78 is 5.09. The van der Waals surface area contributed by atoms with Gasteiger partial charge in [-0.25, -0.2) is 0 Å². The van der Waals surface area contributed by atoms with Crippen molar-refractivity contribution < 1.29 is 9.66 Å². The van der Waals surface area contributed by atoms with Gasteiger partial charge in [0.2, 0.25) is 0 Å². The van der Waals surface area contributed by atoms with Crippen LogP contribution in [0.3, 0.4) is 0 Å². The first-order valence-electron chi connectivity index (χ1n) is 4.83. The van der Waals surface area contributed by atoms with Crippen LogP contribution < -0.4 is 10.1 Å². The van der Waals surface area contributed by atoms with Crippen molar-refractivity contribution in [2.75, 3.05) is 20.7 Å². The molecule has 0 bridgehead atoms. The fourth-order valence-corrected chi connectivity index (χ4v) is 1.33. The van der Waals surface area contributed by atoms with Crippen molar-refractivity contribution in [3.05, 3.63) is 40.0 Å². The highest BCUT2D eigenvalue weighted by Gasteiger charge is 2.15. The minimum Gasteiger partial charge on any atom is -0.496 e. The van der Waals surface area contributed by atoms with Crippen molar-refractivity contribution >= 4 is 11.8 Å². The first-order valence-corrected chi connectivity index (χ1v) is 4.83. The monoisotopic (exact) mass is 222 g/mol. The number of hydrogen-bond donors (Lipinski definition) is 1. The first kappa shape index (κ1) is 12.2. The lowest BCUT2D eigenvalue weighted by atomic mass is 10.1. The number of rotatable bonds is 5. The van der Waals surface area contributed by atoms with Crippen LogP contribution in [0.2, 0.25) is 0 Å². The van der Waals surface area contributed by atoms with Crippen LogP contribution in [0, 0.1) is 10.1 Å². The smallest absolute Gasteiger partial charge is 0.280 e. The van der Waals surface area contributed by atoms with Crippen LogP contribution in [0.1, 0.15) is 5.56 Å². The van der Waals surface area contributed by atoms with Crippen molar-refractivity contribution in [2.24, 2.45) is 0 Å². The van der Waals surface area contributed by atoms with Crippen LogP contribution in [0.4, 0.5) is 5.69 Å². The number of nitro benzene ring substituents is 1. The normalized spacial score (nSPS) is 10.6. The number of nitrogens with one attached hydrogen (secondary N) is 1. The van der Waals surface area contributed by atoms with E-state index in [1.807, 2.05) is 6.08 Å². The third kappa shape index (κ3) is 2.80. The maximum absolute atomic E-state index is 10.8. The Balaban J connectivity index is 3.14. The van der Waals surface area contributed by atoms with Crippen LogP contribution in [0.5, 0.6) is 5.75 Å². The van der Waals surface area contributed by atoms with E-state index in [1.165, 1.54) is 13.2 Å². The summed E-state index contributed by atoms with van der Waals surface area (Å²) >= 11 is 0. The van der Waals surface area contributed by atoms with Crippen molar-refractivity contribution in [3.63, 3.8) is 0 Å². The lowest BCUT2D eigenvalue weighted by Crippen LogP contribution is -2.04. The first-order chi connectivity index (χ1) is 7.70. The quantitative estimate of drug-likeness (QED) is 0.609. The highest BCUT2D eigenvalue weighted by atomic mass is 16.6. The van der Waals surface area contributed by atoms with Gasteiger partial charge in [-0.15, -0.1) is 0 Å². The zero-order valence-corrected chi connectivity index (χ0v) is 9.27. The Kier molecular flexibility index (Phi) is 4.47. The molecule has 0 heterocycles. The second kappa shape index (κ2) is 5.87. The standard InChI is InChI=1S/C11H14N2O3/c1-12-8-4-5-9-10(13(14)15)6-3-7-11(9)16-2/h3-7,12H,8H2,1-2H3. The van der Waals surface area contributed by atoms with Gasteiger partial charge >= 0.3 is 0 Å². The Bertz CT molecular complexity index is 402. The molecule has 1 rings (SSSR count). The van der Waals surface area contributed by atoms with E-state index in [1.54, 1.807) is 25.3 Å². The zero-order chi connectivity index (χ0) is 12.0. The molecule has 5 nitrogen and oxygen atoms in total. The molecule has 0 unspecified atom stereocenters. The predicted molar refractivity (Wildman–Crippen MR) is 62.6 cm³/mol. The average molecular weight is 222 g/mol. The van der Waals surface area contributed by atoms with Crippen LogP contribution in [0.15, 0.2) is 24.3 Å². The molecule has 0 aliphatic carbocycles. The van der Waals surface area contributed by atoms with Crippen LogP contribution in [-0.4, -0.2) is 25.6 Å². The summed E-state index contributed by atoms with van der Waals surface area (Å²) in [6.45, 7) is 0.648. The minimum atomic E-state index is -0.415. The van der Waals surface area contributed by atoms with Gasteiger partial charge in [0.15, 0.2) is 0 Å². The second-order valence-electron chi connectivity index (χ2n) is 3.11. The molecular weight excluding hydrogens is 208 g/mol. The van der Waals surface area contributed by atoms with E-state index in [0.717, 1.165) is 0 Å². The van der Waals surface area contributed by atoms with Crippen LogP contribution >= 0.6 is 0 Å². The van der Waals surface area contributed by atoms with Crippen LogP contribution in [0.25, 0.3) is 6.08 Å². The minimum absolute atomic E-state index is 0.0479. The van der Waals surface area contributed by atoms with E-state index >= 15 is 0 Å². The number of nitrogens with zero attached hydrogens (tertiary/aromatic N) is 1. The molecule has 0 saturated heterocycles. The summed E-state index contributed by atoms with van der Waals surface area (Å²) in [4.78, 5) is 10.4. The molecule has 0 saturated carbocycles. The van der Waals surface area contributed by atoms with Gasteiger partial charge in [-0.2, -0.15) is 0 Å². The highest BCUT2D eigenvalue weighted by molar-refractivity contribution is 5.67. The average Bonchev–Trinajstić information content (AvgIpc) is 2.29. The molecule has 0 atom stereocenters. The summed E-state index contributed by atoms with van der Waals surface area (Å²) in [5.41, 5.74) is 0.539. The second-order valence-corrected chi connectivity index (χ2v) is 3.11. The van der Waals surface area contributed by atoms with Gasteiger partial charge in [0.1, 0.15) is 5.75 Å². The molecule has 1 N–H and O–H groups in total. The van der Waals surface area contributed by atoms with Gasteiger partial charge in [-0.05, 0) is 19.2 Å². The molecule has 1 aromatic carbocycles. The number of nitro groups is 1. The highest BCUT2D eigenvalue weighted by Crippen LogP contribution is 2.29. The molecule has 16 heavy (non-hydrogen) atoms. The van der Waals surface area contributed by atoms with E-state index in [4.69, 9.17) is 4.74 Å². The summed E-state index contributed by atoms with van der Waals surface area (Å²) in [7, 11) is 3.30. The van der Waals surface area contributed by atoms with E-state index in [-0.39, 0.29) is 5.69 Å². The summed E-state index contributed by atoms with van der Waals surface area (Å²) in [5.74, 6) is 0.501. The number of ether oxygens (including phenoxy) is 1. The molecule has 86 valence electrons. The summed E-state index contributed by atoms with van der Waals surface area (Å²) in [5, 5.41) is 13.7. The molecule has 1 aromatic rings. The molecular formula is C11H14N2O3. The predicted octanol–water partition coefficient (Wildman–Crippen LogP) is 1.84. The summed E-state index contributed by atoms with van der Waals surface area (Å²) in [6, 6.07) is 4.76. The van der Waals surface area contributed by atoms with E-state index < -0.39 is 4.92 Å². The van der Waals surface area contributed by atoms with E-state index in [0.29, 0.717) is 17.9 Å². The SMILES string of the molecule is CNCC=Cc1c(OC)cccc1[N+](=O)[O-]. The van der Waals surface area contributed by atoms with Gasteiger partial charge in [-0.3, -0.25) is 10.1 Å². The third-order valence-corrected chi connectivity index (χ3v) is 2.07. The van der Waals surface area contributed by atoms with Crippen molar-refractivity contribution in [3.8, 4) is 5.75 Å². The van der Waals surface area contributed by atoms with Gasteiger partial charge in [0.05, 0.1) is 17.6 Å². The molecule has 0 radical (unpaired) electrons. The third-order valence-electron chi connectivity index (χ3n) is 2.07. The van der Waals surface area contributed by atoms with Gasteiger partial charge in [0, 0.05) is 12.6 Å². The Morgan fingerprint density at radius 2 is 2.31 bits per heavy atom. The molecule has 0 amide bonds. The van der Waals surface area contributed by atoms with Crippen molar-refractivity contribution in [2.45, 2.75) is 0 Å². The number of likely N-dealkylation sites (N-methyl/N-ethyl adjacent to an activating group) is 1. The molecule has 5 heteroatoms. The topological polar surface area (TPSA) is 64.4 Å². The molecule has 0 aromatic heterocycles. The Morgan fingerprint density at radius 3 is 2.88 bits per heavy atom. The maximum Gasteiger partial charge on any atom is 0.280 e. The fraction of sp³-hybridized carbons (Fsp3) is 0.273. The van der Waals surface area contributed by atoms with E-state index in [2.05, 4.69) is 5.32 Å². The van der Waals surface area contributed by atoms with Crippen molar-refractivity contribution in [1.29, 1.82) is 0 Å². The van der Waals surface area contributed by atoms with E-state index in [9.17, 15) is 10.1 Å².